The molecule has 0 saturated carbocycles. The second-order valence-electron chi connectivity index (χ2n) is 5.55. The predicted molar refractivity (Wildman–Crippen MR) is 77.8 cm³/mol. The van der Waals surface area contributed by atoms with Crippen molar-refractivity contribution >= 4 is 0 Å². The van der Waals surface area contributed by atoms with Crippen LogP contribution < -0.4 is 5.32 Å². The summed E-state index contributed by atoms with van der Waals surface area (Å²) in [4.78, 5) is 2.52. The fourth-order valence-corrected chi connectivity index (χ4v) is 3.09. The van der Waals surface area contributed by atoms with Crippen molar-refractivity contribution < 1.29 is 0 Å². The Bertz CT molecular complexity index is 358. The van der Waals surface area contributed by atoms with Crippen LogP contribution in [0.2, 0.25) is 0 Å². The summed E-state index contributed by atoms with van der Waals surface area (Å²) in [5.41, 5.74) is 2.83. The van der Waals surface area contributed by atoms with Crippen molar-refractivity contribution in [3.8, 4) is 0 Å². The van der Waals surface area contributed by atoms with Gasteiger partial charge in [-0.05, 0) is 57.9 Å². The largest absolute Gasteiger partial charge is 0.317 e. The number of likely N-dealkylation sites (tertiary alicyclic amines) is 1. The molecule has 0 amide bonds. The zero-order valence-electron chi connectivity index (χ0n) is 11.9. The van der Waals surface area contributed by atoms with Gasteiger partial charge in [0.1, 0.15) is 0 Å². The van der Waals surface area contributed by atoms with Crippen LogP contribution in [0.25, 0.3) is 0 Å². The van der Waals surface area contributed by atoms with Gasteiger partial charge < -0.3 is 5.32 Å². The van der Waals surface area contributed by atoms with E-state index in [0.717, 1.165) is 19.0 Å². The molecule has 2 heteroatoms. The Balaban J connectivity index is 2.15. The first kappa shape index (κ1) is 13.6. The lowest BCUT2D eigenvalue weighted by molar-refractivity contribution is 0.120. The summed E-state index contributed by atoms with van der Waals surface area (Å²) in [7, 11) is 2.27. The topological polar surface area (TPSA) is 15.3 Å². The third-order valence-electron chi connectivity index (χ3n) is 4.08. The zero-order chi connectivity index (χ0) is 13.0. The van der Waals surface area contributed by atoms with Gasteiger partial charge in [-0.2, -0.15) is 0 Å². The van der Waals surface area contributed by atoms with Gasteiger partial charge in [0.15, 0.2) is 0 Å². The van der Waals surface area contributed by atoms with Gasteiger partial charge in [0, 0.05) is 6.04 Å². The first-order valence-corrected chi connectivity index (χ1v) is 7.20. The molecule has 1 aromatic rings. The van der Waals surface area contributed by atoms with E-state index in [-0.39, 0.29) is 0 Å². The molecule has 1 fully saturated rings. The van der Waals surface area contributed by atoms with Crippen LogP contribution in [0.15, 0.2) is 24.3 Å². The molecule has 2 nitrogen and oxygen atoms in total. The number of piperidine rings is 1. The van der Waals surface area contributed by atoms with Crippen LogP contribution in [0.3, 0.4) is 0 Å². The molecule has 1 aromatic carbocycles. The van der Waals surface area contributed by atoms with Crippen molar-refractivity contribution in [3.63, 3.8) is 0 Å². The number of nitrogens with zero attached hydrogens (tertiary/aromatic N) is 1. The molecule has 2 atom stereocenters. The van der Waals surface area contributed by atoms with Crippen LogP contribution in [0.4, 0.5) is 0 Å². The monoisotopic (exact) mass is 246 g/mol. The summed E-state index contributed by atoms with van der Waals surface area (Å²) in [6.07, 6.45) is 2.67. The molecule has 1 aliphatic rings. The highest BCUT2D eigenvalue weighted by Gasteiger charge is 2.29. The standard InChI is InChI=1S/C16H26N2/c1-4-17-12-15-6-5-11-18(3)16(15)14-9-7-13(2)8-10-14/h7-10,15-17H,4-6,11-12H2,1-3H3. The Labute approximate surface area is 111 Å². The first-order valence-electron chi connectivity index (χ1n) is 7.20. The van der Waals surface area contributed by atoms with E-state index in [4.69, 9.17) is 0 Å². The van der Waals surface area contributed by atoms with Gasteiger partial charge in [-0.25, -0.2) is 0 Å². The lowest BCUT2D eigenvalue weighted by atomic mass is 9.84. The molecule has 2 unspecified atom stereocenters. The summed E-state index contributed by atoms with van der Waals surface area (Å²) in [5, 5.41) is 3.52. The Hall–Kier alpha value is -0.860. The minimum absolute atomic E-state index is 0.582. The molecule has 0 aliphatic carbocycles. The maximum atomic E-state index is 3.52. The number of aryl methyl sites for hydroxylation is 1. The molecule has 0 radical (unpaired) electrons. The number of hydrogen-bond donors (Lipinski definition) is 1. The van der Waals surface area contributed by atoms with Crippen LogP contribution in [0.1, 0.15) is 36.9 Å². The van der Waals surface area contributed by atoms with Crippen molar-refractivity contribution in [1.82, 2.24) is 10.2 Å². The number of hydrogen-bond acceptors (Lipinski definition) is 2. The molecule has 0 aromatic heterocycles. The van der Waals surface area contributed by atoms with Crippen LogP contribution >= 0.6 is 0 Å². The molecule has 0 spiro atoms. The van der Waals surface area contributed by atoms with Gasteiger partial charge >= 0.3 is 0 Å². The summed E-state index contributed by atoms with van der Waals surface area (Å²) in [6.45, 7) is 7.78. The van der Waals surface area contributed by atoms with Gasteiger partial charge in [-0.3, -0.25) is 4.90 Å². The van der Waals surface area contributed by atoms with E-state index in [9.17, 15) is 0 Å². The Morgan fingerprint density at radius 3 is 2.67 bits per heavy atom. The Morgan fingerprint density at radius 2 is 2.00 bits per heavy atom. The van der Waals surface area contributed by atoms with Crippen molar-refractivity contribution in [2.45, 2.75) is 32.7 Å². The third-order valence-corrected chi connectivity index (χ3v) is 4.08. The molecule has 18 heavy (non-hydrogen) atoms. The van der Waals surface area contributed by atoms with Crippen molar-refractivity contribution in [1.29, 1.82) is 0 Å². The zero-order valence-corrected chi connectivity index (χ0v) is 11.9. The van der Waals surface area contributed by atoms with Gasteiger partial charge in [0.25, 0.3) is 0 Å². The number of nitrogens with one attached hydrogen (secondary N) is 1. The van der Waals surface area contributed by atoms with Crippen molar-refractivity contribution in [2.75, 3.05) is 26.7 Å². The fraction of sp³-hybridized carbons (Fsp3) is 0.625. The Morgan fingerprint density at radius 1 is 1.28 bits per heavy atom. The molecule has 100 valence electrons. The molecule has 1 aliphatic heterocycles. The second kappa shape index (κ2) is 6.35. The van der Waals surface area contributed by atoms with Crippen LogP contribution in [-0.4, -0.2) is 31.6 Å². The third kappa shape index (κ3) is 3.12. The molecule has 2 rings (SSSR count). The molecule has 0 bridgehead atoms. The molecular weight excluding hydrogens is 220 g/mol. The summed E-state index contributed by atoms with van der Waals surface area (Å²) in [6, 6.07) is 9.67. The fourth-order valence-electron chi connectivity index (χ4n) is 3.09. The van der Waals surface area contributed by atoms with Gasteiger partial charge in [-0.15, -0.1) is 0 Å². The molecule has 1 heterocycles. The number of rotatable bonds is 4. The van der Waals surface area contributed by atoms with Crippen LogP contribution in [0.5, 0.6) is 0 Å². The van der Waals surface area contributed by atoms with E-state index >= 15 is 0 Å². The highest BCUT2D eigenvalue weighted by Crippen LogP contribution is 2.34. The van der Waals surface area contributed by atoms with E-state index < -0.39 is 0 Å². The quantitative estimate of drug-likeness (QED) is 0.878. The first-order chi connectivity index (χ1) is 8.72. The van der Waals surface area contributed by atoms with Gasteiger partial charge in [0.2, 0.25) is 0 Å². The average Bonchev–Trinajstić information content (AvgIpc) is 2.38. The second-order valence-corrected chi connectivity index (χ2v) is 5.55. The molecule has 1 saturated heterocycles. The summed E-state index contributed by atoms with van der Waals surface area (Å²) in [5.74, 6) is 0.742. The normalized spacial score (nSPS) is 25.3. The molecular formula is C16H26N2. The predicted octanol–water partition coefficient (Wildman–Crippen LogP) is 2.99. The minimum Gasteiger partial charge on any atom is -0.317 e. The lowest BCUT2D eigenvalue weighted by Crippen LogP contribution is -2.40. The smallest absolute Gasteiger partial charge is 0.0385 e. The maximum absolute atomic E-state index is 3.52. The Kier molecular flexibility index (Phi) is 4.79. The van der Waals surface area contributed by atoms with E-state index in [0.29, 0.717) is 6.04 Å². The molecule has 1 N–H and O–H groups in total. The van der Waals surface area contributed by atoms with Crippen LogP contribution in [-0.2, 0) is 0 Å². The SMILES string of the molecule is CCNCC1CCCN(C)C1c1ccc(C)cc1. The van der Waals surface area contributed by atoms with Crippen LogP contribution in [0, 0.1) is 12.8 Å². The highest BCUT2D eigenvalue weighted by atomic mass is 15.1. The van der Waals surface area contributed by atoms with Crippen molar-refractivity contribution in [3.05, 3.63) is 35.4 Å². The average molecular weight is 246 g/mol. The lowest BCUT2D eigenvalue weighted by Gasteiger charge is -2.39. The van der Waals surface area contributed by atoms with E-state index in [1.54, 1.807) is 0 Å². The van der Waals surface area contributed by atoms with E-state index in [1.165, 1.54) is 30.5 Å². The van der Waals surface area contributed by atoms with E-state index in [1.807, 2.05) is 0 Å². The van der Waals surface area contributed by atoms with E-state index in [2.05, 4.69) is 55.4 Å². The van der Waals surface area contributed by atoms with Crippen molar-refractivity contribution in [2.24, 2.45) is 5.92 Å². The van der Waals surface area contributed by atoms with Gasteiger partial charge in [0.05, 0.1) is 0 Å². The highest BCUT2D eigenvalue weighted by molar-refractivity contribution is 5.25. The van der Waals surface area contributed by atoms with Gasteiger partial charge in [-0.1, -0.05) is 36.8 Å². The minimum atomic E-state index is 0.582. The maximum Gasteiger partial charge on any atom is 0.0385 e. The summed E-state index contributed by atoms with van der Waals surface area (Å²) >= 11 is 0. The number of benzene rings is 1. The summed E-state index contributed by atoms with van der Waals surface area (Å²) < 4.78 is 0.